The van der Waals surface area contributed by atoms with Crippen molar-refractivity contribution in [1.29, 1.82) is 0 Å². The number of rotatable bonds is 5. The molecule has 0 aliphatic heterocycles. The molecule has 1 N–H and O–H groups in total. The van der Waals surface area contributed by atoms with E-state index in [1.54, 1.807) is 31.2 Å². The van der Waals surface area contributed by atoms with Crippen molar-refractivity contribution in [3.8, 4) is 11.4 Å². The lowest BCUT2D eigenvalue weighted by Crippen LogP contribution is -2.10. The number of nitro groups is 1. The van der Waals surface area contributed by atoms with Crippen LogP contribution >= 0.6 is 11.6 Å². The highest BCUT2D eigenvalue weighted by atomic mass is 35.5. The first-order chi connectivity index (χ1) is 12.3. The molecule has 0 spiro atoms. The van der Waals surface area contributed by atoms with Gasteiger partial charge in [0, 0.05) is 10.6 Å². The summed E-state index contributed by atoms with van der Waals surface area (Å²) < 4.78 is 33.1. The SMILES string of the molecule is C[C@H](Nc1c(F)cc([N+](=O)[O-])cc1F)c1nc(-c2ccc(Cl)cc2)no1. The Labute approximate surface area is 150 Å². The second-order valence-electron chi connectivity index (χ2n) is 5.37. The van der Waals surface area contributed by atoms with Gasteiger partial charge in [-0.2, -0.15) is 4.98 Å². The van der Waals surface area contributed by atoms with Crippen LogP contribution in [0.3, 0.4) is 0 Å². The lowest BCUT2D eigenvalue weighted by atomic mass is 10.2. The van der Waals surface area contributed by atoms with Gasteiger partial charge in [0.15, 0.2) is 11.6 Å². The number of halogens is 3. The molecular weight excluding hydrogens is 370 g/mol. The van der Waals surface area contributed by atoms with E-state index < -0.39 is 34.0 Å². The Morgan fingerprint density at radius 3 is 2.42 bits per heavy atom. The fourth-order valence-electron chi connectivity index (χ4n) is 2.21. The number of nitrogens with one attached hydrogen (secondary N) is 1. The Morgan fingerprint density at radius 1 is 1.23 bits per heavy atom. The molecule has 0 amide bonds. The van der Waals surface area contributed by atoms with Crippen LogP contribution in [0.15, 0.2) is 40.9 Å². The van der Waals surface area contributed by atoms with Crippen LogP contribution in [0, 0.1) is 21.7 Å². The van der Waals surface area contributed by atoms with E-state index in [0.29, 0.717) is 22.7 Å². The van der Waals surface area contributed by atoms with Crippen LogP contribution in [0.4, 0.5) is 20.2 Å². The maximum atomic E-state index is 14.0. The molecule has 0 aliphatic carbocycles. The Balaban J connectivity index is 1.82. The summed E-state index contributed by atoms with van der Waals surface area (Å²) in [5, 5.41) is 17.5. The summed E-state index contributed by atoms with van der Waals surface area (Å²) >= 11 is 5.82. The van der Waals surface area contributed by atoms with Crippen molar-refractivity contribution in [3.05, 3.63) is 69.1 Å². The number of anilines is 1. The summed E-state index contributed by atoms with van der Waals surface area (Å²) in [7, 11) is 0. The number of nitrogens with zero attached hydrogens (tertiary/aromatic N) is 3. The Hall–Kier alpha value is -3.07. The van der Waals surface area contributed by atoms with E-state index in [1.807, 2.05) is 0 Å². The second-order valence-corrected chi connectivity index (χ2v) is 5.81. The van der Waals surface area contributed by atoms with E-state index in [0.717, 1.165) is 0 Å². The minimum atomic E-state index is -1.10. The quantitative estimate of drug-likeness (QED) is 0.507. The van der Waals surface area contributed by atoms with Crippen molar-refractivity contribution in [2.45, 2.75) is 13.0 Å². The molecule has 7 nitrogen and oxygen atoms in total. The zero-order valence-corrected chi connectivity index (χ0v) is 14.0. The molecule has 2 aromatic carbocycles. The maximum Gasteiger partial charge on any atom is 0.275 e. The van der Waals surface area contributed by atoms with E-state index in [1.165, 1.54) is 0 Å². The molecule has 0 radical (unpaired) electrons. The van der Waals surface area contributed by atoms with E-state index in [9.17, 15) is 18.9 Å². The van der Waals surface area contributed by atoms with Crippen LogP contribution < -0.4 is 5.32 Å². The third-order valence-corrected chi connectivity index (χ3v) is 3.77. The van der Waals surface area contributed by atoms with Crippen molar-refractivity contribution >= 4 is 23.0 Å². The van der Waals surface area contributed by atoms with Crippen molar-refractivity contribution in [3.63, 3.8) is 0 Å². The predicted molar refractivity (Wildman–Crippen MR) is 89.8 cm³/mol. The lowest BCUT2D eigenvalue weighted by Gasteiger charge is -2.12. The molecule has 0 fully saturated rings. The molecular formula is C16H11ClF2N4O3. The number of hydrogen-bond donors (Lipinski definition) is 1. The summed E-state index contributed by atoms with van der Waals surface area (Å²) in [6, 6.07) is 7.24. The van der Waals surface area contributed by atoms with Crippen molar-refractivity contribution in [2.24, 2.45) is 0 Å². The third-order valence-electron chi connectivity index (χ3n) is 3.51. The van der Waals surface area contributed by atoms with E-state index in [2.05, 4.69) is 15.5 Å². The standard InChI is InChI=1S/C16H11ClF2N4O3/c1-8(20-14-12(18)6-11(23(24)25)7-13(14)19)16-21-15(22-26-16)9-2-4-10(17)5-3-9/h2-8,20H,1H3/t8-/m0/s1. The average Bonchev–Trinajstić information content (AvgIpc) is 3.08. The molecule has 1 atom stereocenters. The van der Waals surface area contributed by atoms with Gasteiger partial charge in [-0.05, 0) is 31.2 Å². The molecule has 0 unspecified atom stereocenters. The predicted octanol–water partition coefficient (Wildman–Crippen LogP) is 4.75. The first-order valence-electron chi connectivity index (χ1n) is 7.34. The number of aromatic nitrogens is 2. The van der Waals surface area contributed by atoms with Gasteiger partial charge in [0.2, 0.25) is 11.7 Å². The molecule has 0 saturated heterocycles. The van der Waals surface area contributed by atoms with Gasteiger partial charge in [-0.15, -0.1) is 0 Å². The van der Waals surface area contributed by atoms with Crippen LogP contribution in [0.1, 0.15) is 18.9 Å². The molecule has 1 aromatic heterocycles. The largest absolute Gasteiger partial charge is 0.369 e. The number of benzene rings is 2. The minimum Gasteiger partial charge on any atom is -0.369 e. The summed E-state index contributed by atoms with van der Waals surface area (Å²) in [5.41, 5.74) is -0.542. The Morgan fingerprint density at radius 2 is 1.85 bits per heavy atom. The average molecular weight is 381 g/mol. The fourth-order valence-corrected chi connectivity index (χ4v) is 2.33. The molecule has 3 aromatic rings. The molecule has 26 heavy (non-hydrogen) atoms. The number of hydrogen-bond acceptors (Lipinski definition) is 6. The zero-order valence-electron chi connectivity index (χ0n) is 13.2. The molecule has 134 valence electrons. The van der Waals surface area contributed by atoms with Crippen LogP contribution in [-0.2, 0) is 0 Å². The minimum absolute atomic E-state index is 0.0899. The number of non-ortho nitro benzene ring substituents is 1. The van der Waals surface area contributed by atoms with Gasteiger partial charge in [0.1, 0.15) is 11.7 Å². The van der Waals surface area contributed by atoms with E-state index >= 15 is 0 Å². The van der Waals surface area contributed by atoms with Gasteiger partial charge >= 0.3 is 0 Å². The maximum absolute atomic E-state index is 14.0. The molecule has 10 heteroatoms. The van der Waals surface area contributed by atoms with Crippen LogP contribution in [0.2, 0.25) is 5.02 Å². The Kier molecular flexibility index (Phi) is 4.81. The van der Waals surface area contributed by atoms with Gasteiger partial charge in [-0.25, -0.2) is 8.78 Å². The topological polar surface area (TPSA) is 94.1 Å². The van der Waals surface area contributed by atoms with Gasteiger partial charge in [0.05, 0.1) is 17.1 Å². The molecule has 1 heterocycles. The van der Waals surface area contributed by atoms with E-state index in [4.69, 9.17) is 16.1 Å². The summed E-state index contributed by atoms with van der Waals surface area (Å²) in [5.74, 6) is -1.82. The van der Waals surface area contributed by atoms with Crippen LogP contribution in [-0.4, -0.2) is 15.1 Å². The summed E-state index contributed by atoms with van der Waals surface area (Å²) in [6.07, 6.45) is 0. The summed E-state index contributed by atoms with van der Waals surface area (Å²) in [6.45, 7) is 1.56. The van der Waals surface area contributed by atoms with Gasteiger partial charge in [0.25, 0.3) is 5.69 Å². The van der Waals surface area contributed by atoms with Gasteiger partial charge in [-0.3, -0.25) is 10.1 Å². The first-order valence-corrected chi connectivity index (χ1v) is 7.72. The first kappa shape index (κ1) is 17.7. The third kappa shape index (κ3) is 3.62. The normalized spacial score (nSPS) is 12.0. The highest BCUT2D eigenvalue weighted by molar-refractivity contribution is 6.30. The second kappa shape index (κ2) is 7.04. The molecule has 3 rings (SSSR count). The molecule has 0 bridgehead atoms. The fraction of sp³-hybridized carbons (Fsp3) is 0.125. The van der Waals surface area contributed by atoms with Crippen molar-refractivity contribution in [1.82, 2.24) is 10.1 Å². The monoisotopic (exact) mass is 380 g/mol. The number of nitro benzene ring substituents is 1. The van der Waals surface area contributed by atoms with Crippen molar-refractivity contribution < 1.29 is 18.2 Å². The van der Waals surface area contributed by atoms with Crippen LogP contribution in [0.25, 0.3) is 11.4 Å². The van der Waals surface area contributed by atoms with Gasteiger partial charge < -0.3 is 9.84 Å². The van der Waals surface area contributed by atoms with Gasteiger partial charge in [-0.1, -0.05) is 16.8 Å². The Bertz CT molecular complexity index is 939. The molecule has 0 aliphatic rings. The molecule has 0 saturated carbocycles. The lowest BCUT2D eigenvalue weighted by molar-refractivity contribution is -0.385. The van der Waals surface area contributed by atoms with E-state index in [-0.39, 0.29) is 11.7 Å². The highest BCUT2D eigenvalue weighted by Gasteiger charge is 2.21. The van der Waals surface area contributed by atoms with Crippen molar-refractivity contribution in [2.75, 3.05) is 5.32 Å². The smallest absolute Gasteiger partial charge is 0.275 e. The highest BCUT2D eigenvalue weighted by Crippen LogP contribution is 2.28. The van der Waals surface area contributed by atoms with Crippen LogP contribution in [0.5, 0.6) is 0 Å². The summed E-state index contributed by atoms with van der Waals surface area (Å²) in [4.78, 5) is 13.9. The zero-order chi connectivity index (χ0) is 18.8.